The first-order chi connectivity index (χ1) is 8.97. The van der Waals surface area contributed by atoms with Gasteiger partial charge in [0.2, 0.25) is 0 Å². The third-order valence-corrected chi connectivity index (χ3v) is 3.39. The Morgan fingerprint density at radius 1 is 1.37 bits per heavy atom. The summed E-state index contributed by atoms with van der Waals surface area (Å²) in [5.41, 5.74) is 0.962. The number of esters is 1. The van der Waals surface area contributed by atoms with Crippen LogP contribution < -0.4 is 0 Å². The third-order valence-electron chi connectivity index (χ3n) is 2.64. The molecule has 19 heavy (non-hydrogen) atoms. The highest BCUT2D eigenvalue weighted by atomic mass is 35.5. The molecule has 0 bridgehead atoms. The second-order valence-electron chi connectivity index (χ2n) is 3.86. The molecular weight excluding hydrogens is 292 g/mol. The zero-order valence-electron chi connectivity index (χ0n) is 10.3. The van der Waals surface area contributed by atoms with Gasteiger partial charge in [0.25, 0.3) is 0 Å². The molecule has 100 valence electrons. The molecule has 2 rings (SSSR count). The molecule has 0 N–H and O–H groups in total. The number of carbonyl (C=O) groups excluding carboxylic acids is 1. The summed E-state index contributed by atoms with van der Waals surface area (Å²) in [5.74, 6) is -1.21. The van der Waals surface area contributed by atoms with E-state index in [0.29, 0.717) is 11.2 Å². The van der Waals surface area contributed by atoms with Crippen molar-refractivity contribution in [2.75, 3.05) is 6.61 Å². The molecule has 0 aliphatic heterocycles. The molecule has 1 aromatic heterocycles. The predicted molar refractivity (Wildman–Crippen MR) is 72.4 cm³/mol. The number of aryl methyl sites for hydroxylation is 1. The van der Waals surface area contributed by atoms with Crippen LogP contribution in [0.15, 0.2) is 12.1 Å². The standard InChI is InChI=1S/C13H10Cl2FNO2/c1-3-19-13(18)9-6(2)17-8-5-4-7(16)11(14)10(8)12(9)15/h4-5H,3H2,1-2H3. The highest BCUT2D eigenvalue weighted by molar-refractivity contribution is 6.43. The Balaban J connectivity index is 2.80. The molecule has 3 nitrogen and oxygen atoms in total. The quantitative estimate of drug-likeness (QED) is 0.782. The third kappa shape index (κ3) is 2.38. The molecule has 0 saturated heterocycles. The van der Waals surface area contributed by atoms with Crippen LogP contribution in [0, 0.1) is 12.7 Å². The van der Waals surface area contributed by atoms with Gasteiger partial charge in [-0.3, -0.25) is 4.98 Å². The normalized spacial score (nSPS) is 10.8. The molecule has 0 saturated carbocycles. The summed E-state index contributed by atoms with van der Waals surface area (Å²) < 4.78 is 18.4. The number of aromatic nitrogens is 1. The Morgan fingerprint density at radius 3 is 2.68 bits per heavy atom. The number of hydrogen-bond donors (Lipinski definition) is 0. The summed E-state index contributed by atoms with van der Waals surface area (Å²) in [4.78, 5) is 16.0. The Morgan fingerprint density at radius 2 is 2.05 bits per heavy atom. The van der Waals surface area contributed by atoms with Crippen LogP contribution in [0.2, 0.25) is 10.0 Å². The van der Waals surface area contributed by atoms with Gasteiger partial charge in [-0.15, -0.1) is 0 Å². The molecule has 6 heteroatoms. The van der Waals surface area contributed by atoms with Gasteiger partial charge in [0, 0.05) is 5.39 Å². The largest absolute Gasteiger partial charge is 0.462 e. The first-order valence-electron chi connectivity index (χ1n) is 5.58. The molecule has 0 fully saturated rings. The van der Waals surface area contributed by atoms with E-state index in [9.17, 15) is 9.18 Å². The second kappa shape index (κ2) is 5.31. The number of carbonyl (C=O) groups is 1. The fourth-order valence-electron chi connectivity index (χ4n) is 1.80. The molecular formula is C13H10Cl2FNO2. The van der Waals surface area contributed by atoms with Crippen molar-refractivity contribution < 1.29 is 13.9 Å². The minimum absolute atomic E-state index is 0.0606. The van der Waals surface area contributed by atoms with Gasteiger partial charge in [0.15, 0.2) is 0 Å². The lowest BCUT2D eigenvalue weighted by Gasteiger charge is -2.11. The number of halogens is 3. The lowest BCUT2D eigenvalue weighted by Crippen LogP contribution is -2.09. The number of benzene rings is 1. The van der Waals surface area contributed by atoms with Gasteiger partial charge in [-0.1, -0.05) is 23.2 Å². The molecule has 0 aliphatic rings. The minimum atomic E-state index is -0.614. The highest BCUT2D eigenvalue weighted by Crippen LogP contribution is 2.35. The first-order valence-corrected chi connectivity index (χ1v) is 6.33. The van der Waals surface area contributed by atoms with Gasteiger partial charge in [-0.2, -0.15) is 0 Å². The van der Waals surface area contributed by atoms with Crippen molar-refractivity contribution in [3.63, 3.8) is 0 Å². The summed E-state index contributed by atoms with van der Waals surface area (Å²) in [7, 11) is 0. The molecule has 0 unspecified atom stereocenters. The van der Waals surface area contributed by atoms with Gasteiger partial charge in [0.05, 0.1) is 27.9 Å². The molecule has 0 aliphatic carbocycles. The first kappa shape index (κ1) is 14.0. The van der Waals surface area contributed by atoms with E-state index in [2.05, 4.69) is 4.98 Å². The Hall–Kier alpha value is -1.39. The number of pyridine rings is 1. The van der Waals surface area contributed by atoms with Crippen LogP contribution in [0.4, 0.5) is 4.39 Å². The fourth-order valence-corrected chi connectivity index (χ4v) is 2.51. The Labute approximate surface area is 119 Å². The molecule has 0 radical (unpaired) electrons. The number of hydrogen-bond acceptors (Lipinski definition) is 3. The van der Waals surface area contributed by atoms with Crippen LogP contribution in [0.25, 0.3) is 10.9 Å². The highest BCUT2D eigenvalue weighted by Gasteiger charge is 2.21. The van der Waals surface area contributed by atoms with Crippen molar-refractivity contribution in [2.45, 2.75) is 13.8 Å². The van der Waals surface area contributed by atoms with Crippen molar-refractivity contribution in [3.8, 4) is 0 Å². The number of rotatable bonds is 2. The molecule has 2 aromatic rings. The lowest BCUT2D eigenvalue weighted by atomic mass is 10.1. The second-order valence-corrected chi connectivity index (χ2v) is 4.62. The van der Waals surface area contributed by atoms with Gasteiger partial charge in [-0.25, -0.2) is 9.18 Å². The van der Waals surface area contributed by atoms with Crippen LogP contribution in [-0.2, 0) is 4.74 Å². The van der Waals surface area contributed by atoms with Crippen molar-refractivity contribution in [1.82, 2.24) is 4.98 Å². The molecule has 1 aromatic carbocycles. The van der Waals surface area contributed by atoms with E-state index in [-0.39, 0.29) is 27.6 Å². The van der Waals surface area contributed by atoms with Gasteiger partial charge in [0.1, 0.15) is 11.4 Å². The number of nitrogens with zero attached hydrogens (tertiary/aromatic N) is 1. The smallest absolute Gasteiger partial charge is 0.341 e. The fraction of sp³-hybridized carbons (Fsp3) is 0.231. The van der Waals surface area contributed by atoms with Gasteiger partial charge >= 0.3 is 5.97 Å². The van der Waals surface area contributed by atoms with Crippen LogP contribution in [0.1, 0.15) is 23.0 Å². The van der Waals surface area contributed by atoms with Gasteiger partial charge < -0.3 is 4.74 Å². The zero-order chi connectivity index (χ0) is 14.2. The zero-order valence-corrected chi connectivity index (χ0v) is 11.8. The lowest BCUT2D eigenvalue weighted by molar-refractivity contribution is 0.0525. The van der Waals surface area contributed by atoms with E-state index in [4.69, 9.17) is 27.9 Å². The topological polar surface area (TPSA) is 39.2 Å². The maximum absolute atomic E-state index is 13.5. The average molecular weight is 302 g/mol. The minimum Gasteiger partial charge on any atom is -0.462 e. The summed E-state index contributed by atoms with van der Waals surface area (Å²) in [6, 6.07) is 2.67. The molecule has 0 spiro atoms. The number of ether oxygens (including phenoxy) is 1. The van der Waals surface area contributed by atoms with Crippen molar-refractivity contribution in [1.29, 1.82) is 0 Å². The monoisotopic (exact) mass is 301 g/mol. The van der Waals surface area contributed by atoms with Crippen molar-refractivity contribution >= 4 is 40.1 Å². The average Bonchev–Trinajstić information content (AvgIpc) is 2.34. The maximum Gasteiger partial charge on any atom is 0.341 e. The van der Waals surface area contributed by atoms with Crippen LogP contribution >= 0.6 is 23.2 Å². The van der Waals surface area contributed by atoms with Crippen molar-refractivity contribution in [2.24, 2.45) is 0 Å². The maximum atomic E-state index is 13.5. The van der Waals surface area contributed by atoms with Crippen LogP contribution in [0.5, 0.6) is 0 Å². The van der Waals surface area contributed by atoms with E-state index in [1.54, 1.807) is 13.8 Å². The summed E-state index contributed by atoms with van der Waals surface area (Å²) in [5, 5.41) is 0.128. The Bertz CT molecular complexity index is 673. The van der Waals surface area contributed by atoms with Gasteiger partial charge in [-0.05, 0) is 26.0 Å². The van der Waals surface area contributed by atoms with E-state index >= 15 is 0 Å². The summed E-state index contributed by atoms with van der Waals surface area (Å²) in [6.45, 7) is 3.53. The summed E-state index contributed by atoms with van der Waals surface area (Å²) >= 11 is 12.0. The molecule has 0 atom stereocenters. The molecule has 1 heterocycles. The van der Waals surface area contributed by atoms with E-state index < -0.39 is 11.8 Å². The predicted octanol–water partition coefficient (Wildman–Crippen LogP) is 4.17. The SMILES string of the molecule is CCOC(=O)c1c(C)nc2ccc(F)c(Cl)c2c1Cl. The van der Waals surface area contributed by atoms with Crippen LogP contribution in [-0.4, -0.2) is 17.6 Å². The van der Waals surface area contributed by atoms with Crippen LogP contribution in [0.3, 0.4) is 0 Å². The van der Waals surface area contributed by atoms with Crippen molar-refractivity contribution in [3.05, 3.63) is 39.3 Å². The molecule has 0 amide bonds. The van der Waals surface area contributed by atoms with E-state index in [1.807, 2.05) is 0 Å². The van der Waals surface area contributed by atoms with E-state index in [1.165, 1.54) is 12.1 Å². The Kier molecular flexibility index (Phi) is 3.92. The summed E-state index contributed by atoms with van der Waals surface area (Å²) in [6.07, 6.45) is 0. The number of fused-ring (bicyclic) bond motifs is 1. The van der Waals surface area contributed by atoms with E-state index in [0.717, 1.165) is 0 Å².